The molecular formula is C10H16N2S. The van der Waals surface area contributed by atoms with E-state index < -0.39 is 0 Å². The van der Waals surface area contributed by atoms with Crippen molar-refractivity contribution in [2.24, 2.45) is 0 Å². The Labute approximate surface area is 83.7 Å². The summed E-state index contributed by atoms with van der Waals surface area (Å²) in [6.45, 7) is 8.01. The second-order valence-corrected chi connectivity index (χ2v) is 3.95. The van der Waals surface area contributed by atoms with Crippen molar-refractivity contribution >= 4 is 11.3 Å². The van der Waals surface area contributed by atoms with E-state index in [-0.39, 0.29) is 0 Å². The van der Waals surface area contributed by atoms with Gasteiger partial charge in [0.2, 0.25) is 0 Å². The average Bonchev–Trinajstić information content (AvgIpc) is 2.55. The van der Waals surface area contributed by atoms with Crippen LogP contribution in [0, 0.1) is 0 Å². The maximum atomic E-state index is 4.26. The van der Waals surface area contributed by atoms with Crippen molar-refractivity contribution in [3.05, 3.63) is 29.2 Å². The number of aromatic nitrogens is 1. The summed E-state index contributed by atoms with van der Waals surface area (Å²) in [6, 6.07) is 0.801. The maximum Gasteiger partial charge on any atom is 0.0795 e. The van der Waals surface area contributed by atoms with E-state index in [2.05, 4.69) is 36.1 Å². The Hall–Kier alpha value is -0.670. The lowest BCUT2D eigenvalue weighted by Gasteiger charge is -2.16. The van der Waals surface area contributed by atoms with Gasteiger partial charge in [-0.1, -0.05) is 6.08 Å². The van der Waals surface area contributed by atoms with Crippen LogP contribution in [0.15, 0.2) is 23.5 Å². The summed E-state index contributed by atoms with van der Waals surface area (Å²) in [4.78, 5) is 4.26. The Balaban J connectivity index is 2.41. The van der Waals surface area contributed by atoms with Gasteiger partial charge in [0.1, 0.15) is 0 Å². The summed E-state index contributed by atoms with van der Waals surface area (Å²) >= 11 is 1.64. The van der Waals surface area contributed by atoms with E-state index in [1.165, 1.54) is 0 Å². The molecular weight excluding hydrogens is 180 g/mol. The molecule has 0 radical (unpaired) electrons. The predicted molar refractivity (Wildman–Crippen MR) is 57.9 cm³/mol. The van der Waals surface area contributed by atoms with Gasteiger partial charge in [0, 0.05) is 17.5 Å². The van der Waals surface area contributed by atoms with E-state index in [0.29, 0.717) is 12.1 Å². The molecule has 0 aliphatic rings. The van der Waals surface area contributed by atoms with E-state index in [9.17, 15) is 0 Å². The third-order valence-corrected chi connectivity index (χ3v) is 2.55. The second-order valence-electron chi connectivity index (χ2n) is 3.23. The van der Waals surface area contributed by atoms with Crippen LogP contribution in [-0.2, 0) is 0 Å². The fourth-order valence-corrected chi connectivity index (χ4v) is 1.91. The molecule has 0 bridgehead atoms. The van der Waals surface area contributed by atoms with Crippen LogP contribution in [0.2, 0.25) is 0 Å². The molecule has 2 atom stereocenters. The third kappa shape index (κ3) is 3.28. The molecule has 0 aliphatic heterocycles. The first-order valence-electron chi connectivity index (χ1n) is 4.49. The van der Waals surface area contributed by atoms with Gasteiger partial charge in [-0.25, -0.2) is 4.98 Å². The van der Waals surface area contributed by atoms with Gasteiger partial charge in [0.25, 0.3) is 0 Å². The first-order chi connectivity index (χ1) is 6.24. The van der Waals surface area contributed by atoms with Gasteiger partial charge in [-0.3, -0.25) is 0 Å². The van der Waals surface area contributed by atoms with Crippen molar-refractivity contribution in [1.29, 1.82) is 0 Å². The standard InChI is InChI=1S/C10H16N2S/c1-4-5-8(2)12-9(3)10-6-13-7-11-10/h4,6-9,12H,1,5H2,2-3H3. The largest absolute Gasteiger partial charge is 0.306 e. The van der Waals surface area contributed by atoms with Crippen molar-refractivity contribution in [3.8, 4) is 0 Å². The Morgan fingerprint density at radius 1 is 1.69 bits per heavy atom. The van der Waals surface area contributed by atoms with Gasteiger partial charge in [-0.2, -0.15) is 0 Å². The smallest absolute Gasteiger partial charge is 0.0795 e. The summed E-state index contributed by atoms with van der Waals surface area (Å²) in [5.41, 5.74) is 2.99. The highest BCUT2D eigenvalue weighted by Crippen LogP contribution is 2.13. The SMILES string of the molecule is C=CCC(C)NC(C)c1cscn1. The first kappa shape index (κ1) is 10.4. The van der Waals surface area contributed by atoms with Gasteiger partial charge < -0.3 is 5.32 Å². The molecule has 0 saturated carbocycles. The number of nitrogens with one attached hydrogen (secondary N) is 1. The minimum Gasteiger partial charge on any atom is -0.306 e. The van der Waals surface area contributed by atoms with E-state index in [1.54, 1.807) is 11.3 Å². The summed E-state index contributed by atoms with van der Waals surface area (Å²) < 4.78 is 0. The molecule has 1 N–H and O–H groups in total. The molecule has 72 valence electrons. The Morgan fingerprint density at radius 2 is 2.46 bits per heavy atom. The van der Waals surface area contributed by atoms with Crippen molar-refractivity contribution < 1.29 is 0 Å². The molecule has 1 heterocycles. The molecule has 0 spiro atoms. The number of hydrogen-bond acceptors (Lipinski definition) is 3. The average molecular weight is 196 g/mol. The van der Waals surface area contributed by atoms with E-state index in [1.807, 2.05) is 11.6 Å². The molecule has 1 rings (SSSR count). The molecule has 2 unspecified atom stereocenters. The molecule has 13 heavy (non-hydrogen) atoms. The molecule has 1 aromatic rings. The summed E-state index contributed by atoms with van der Waals surface area (Å²) in [5, 5.41) is 5.54. The number of hydrogen-bond donors (Lipinski definition) is 1. The fraction of sp³-hybridized carbons (Fsp3) is 0.500. The molecule has 1 aromatic heterocycles. The minimum atomic E-state index is 0.334. The highest BCUT2D eigenvalue weighted by Gasteiger charge is 2.09. The van der Waals surface area contributed by atoms with Crippen LogP contribution < -0.4 is 5.32 Å². The zero-order valence-electron chi connectivity index (χ0n) is 8.16. The third-order valence-electron chi connectivity index (χ3n) is 1.95. The van der Waals surface area contributed by atoms with Gasteiger partial charge in [0.15, 0.2) is 0 Å². The van der Waals surface area contributed by atoms with Crippen LogP contribution in [0.25, 0.3) is 0 Å². The maximum absolute atomic E-state index is 4.26. The predicted octanol–water partition coefficient (Wildman–Crippen LogP) is 2.76. The first-order valence-corrected chi connectivity index (χ1v) is 5.43. The van der Waals surface area contributed by atoms with Crippen LogP contribution in [0.3, 0.4) is 0 Å². The van der Waals surface area contributed by atoms with Crippen molar-refractivity contribution in [2.75, 3.05) is 0 Å². The quantitative estimate of drug-likeness (QED) is 0.732. The van der Waals surface area contributed by atoms with E-state index >= 15 is 0 Å². The molecule has 2 nitrogen and oxygen atoms in total. The van der Waals surface area contributed by atoms with Crippen LogP contribution in [0.5, 0.6) is 0 Å². The Morgan fingerprint density at radius 3 is 3.00 bits per heavy atom. The van der Waals surface area contributed by atoms with Crippen molar-refractivity contribution in [2.45, 2.75) is 32.4 Å². The van der Waals surface area contributed by atoms with Gasteiger partial charge >= 0.3 is 0 Å². The molecule has 0 aliphatic carbocycles. The summed E-state index contributed by atoms with van der Waals surface area (Å²) in [5.74, 6) is 0. The second kappa shape index (κ2) is 5.14. The number of thiazole rings is 1. The van der Waals surface area contributed by atoms with Crippen molar-refractivity contribution in [1.82, 2.24) is 10.3 Å². The molecule has 0 fully saturated rings. The molecule has 0 saturated heterocycles. The lowest BCUT2D eigenvalue weighted by Crippen LogP contribution is -2.28. The van der Waals surface area contributed by atoms with Crippen LogP contribution in [0.1, 0.15) is 32.0 Å². The molecule has 0 amide bonds. The lowest BCUT2D eigenvalue weighted by atomic mass is 10.2. The van der Waals surface area contributed by atoms with Crippen LogP contribution >= 0.6 is 11.3 Å². The van der Waals surface area contributed by atoms with E-state index in [0.717, 1.165) is 12.1 Å². The number of nitrogens with zero attached hydrogens (tertiary/aromatic N) is 1. The highest BCUT2D eigenvalue weighted by molar-refractivity contribution is 7.07. The number of rotatable bonds is 5. The van der Waals surface area contributed by atoms with Gasteiger partial charge in [0.05, 0.1) is 11.2 Å². The van der Waals surface area contributed by atoms with Crippen LogP contribution in [-0.4, -0.2) is 11.0 Å². The fourth-order valence-electron chi connectivity index (χ4n) is 1.27. The summed E-state index contributed by atoms with van der Waals surface area (Å²) in [7, 11) is 0. The monoisotopic (exact) mass is 196 g/mol. The van der Waals surface area contributed by atoms with Gasteiger partial charge in [-0.15, -0.1) is 17.9 Å². The summed E-state index contributed by atoms with van der Waals surface area (Å²) in [6.07, 6.45) is 2.93. The Kier molecular flexibility index (Phi) is 4.12. The topological polar surface area (TPSA) is 24.9 Å². The van der Waals surface area contributed by atoms with Crippen molar-refractivity contribution in [3.63, 3.8) is 0 Å². The normalized spacial score (nSPS) is 15.2. The van der Waals surface area contributed by atoms with Gasteiger partial charge in [-0.05, 0) is 20.3 Å². The zero-order chi connectivity index (χ0) is 9.68. The molecule has 3 heteroatoms. The Bertz CT molecular complexity index is 243. The highest BCUT2D eigenvalue weighted by atomic mass is 32.1. The van der Waals surface area contributed by atoms with E-state index in [4.69, 9.17) is 0 Å². The minimum absolute atomic E-state index is 0.334. The zero-order valence-corrected chi connectivity index (χ0v) is 8.97. The molecule has 0 aromatic carbocycles. The van der Waals surface area contributed by atoms with Crippen LogP contribution in [0.4, 0.5) is 0 Å². The lowest BCUT2D eigenvalue weighted by molar-refractivity contribution is 0.476.